The molecule has 2 aromatic carbocycles. The summed E-state index contributed by atoms with van der Waals surface area (Å²) in [6.45, 7) is 1.42. The number of nitrogens with zero attached hydrogens (tertiary/aromatic N) is 3. The van der Waals surface area contributed by atoms with E-state index in [9.17, 15) is 9.18 Å². The molecular weight excluding hydrogens is 395 g/mol. The largest absolute Gasteiger partial charge is 0.383 e. The first-order valence-electron chi connectivity index (χ1n) is 10.4. The SMILES string of the molecule is COCCn1ccc2cc(NC(=O)c3nn(-c4ccc(F)cc4)c4c3CCC4)ccc21. The molecule has 0 saturated heterocycles. The van der Waals surface area contributed by atoms with Crippen molar-refractivity contribution in [3.8, 4) is 5.69 Å². The summed E-state index contributed by atoms with van der Waals surface area (Å²) < 4.78 is 22.4. The number of halogens is 1. The minimum Gasteiger partial charge on any atom is -0.383 e. The standard InChI is InChI=1S/C24H23FN4O2/c1-31-14-13-28-12-11-16-15-18(7-10-21(16)28)26-24(30)23-20-3-2-4-22(20)29(27-23)19-8-5-17(25)6-9-19/h5-12,15H,2-4,13-14H2,1H3,(H,26,30). The third-order valence-corrected chi connectivity index (χ3v) is 5.78. The van der Waals surface area contributed by atoms with E-state index in [-0.39, 0.29) is 11.7 Å². The summed E-state index contributed by atoms with van der Waals surface area (Å²) in [6.07, 6.45) is 4.68. The minimum absolute atomic E-state index is 0.225. The topological polar surface area (TPSA) is 61.1 Å². The molecule has 0 bridgehead atoms. The number of anilines is 1. The van der Waals surface area contributed by atoms with E-state index in [0.29, 0.717) is 12.3 Å². The second-order valence-corrected chi connectivity index (χ2v) is 7.75. The van der Waals surface area contributed by atoms with Crippen molar-refractivity contribution in [3.05, 3.63) is 77.5 Å². The van der Waals surface area contributed by atoms with Gasteiger partial charge in [0.15, 0.2) is 5.69 Å². The van der Waals surface area contributed by atoms with Crippen molar-refractivity contribution >= 4 is 22.5 Å². The number of nitrogens with one attached hydrogen (secondary N) is 1. The van der Waals surface area contributed by atoms with Crippen molar-refractivity contribution in [3.63, 3.8) is 0 Å². The van der Waals surface area contributed by atoms with Gasteiger partial charge in [0.25, 0.3) is 5.91 Å². The molecule has 1 aliphatic rings. The van der Waals surface area contributed by atoms with Crippen LogP contribution in [0.15, 0.2) is 54.7 Å². The Bertz CT molecular complexity index is 1260. The normalized spacial score (nSPS) is 13.0. The molecule has 6 nitrogen and oxygen atoms in total. The van der Waals surface area contributed by atoms with Gasteiger partial charge < -0.3 is 14.6 Å². The van der Waals surface area contributed by atoms with Gasteiger partial charge in [-0.3, -0.25) is 4.79 Å². The van der Waals surface area contributed by atoms with E-state index < -0.39 is 0 Å². The molecule has 0 aliphatic heterocycles. The van der Waals surface area contributed by atoms with Crippen molar-refractivity contribution in [1.29, 1.82) is 0 Å². The molecule has 4 aromatic rings. The Balaban J connectivity index is 1.42. The lowest BCUT2D eigenvalue weighted by molar-refractivity contribution is 0.102. The molecule has 0 fully saturated rings. The zero-order valence-corrected chi connectivity index (χ0v) is 17.3. The highest BCUT2D eigenvalue weighted by Gasteiger charge is 2.27. The Morgan fingerprint density at radius 3 is 2.81 bits per heavy atom. The molecule has 158 valence electrons. The molecule has 31 heavy (non-hydrogen) atoms. The predicted octanol–water partition coefficient (Wildman–Crippen LogP) is 4.35. The lowest BCUT2D eigenvalue weighted by atomic mass is 10.2. The number of rotatable bonds is 6. The minimum atomic E-state index is -0.294. The van der Waals surface area contributed by atoms with Gasteiger partial charge in [0, 0.05) is 47.7 Å². The molecule has 0 saturated carbocycles. The molecule has 1 amide bonds. The number of hydrogen-bond donors (Lipinski definition) is 1. The Kier molecular flexibility index (Phi) is 5.03. The zero-order chi connectivity index (χ0) is 21.4. The van der Waals surface area contributed by atoms with Gasteiger partial charge in [-0.15, -0.1) is 0 Å². The lowest BCUT2D eigenvalue weighted by Gasteiger charge is -2.07. The molecule has 7 heteroatoms. The molecule has 1 aliphatic carbocycles. The van der Waals surface area contributed by atoms with Gasteiger partial charge >= 0.3 is 0 Å². The maximum atomic E-state index is 13.3. The first-order chi connectivity index (χ1) is 15.1. The van der Waals surface area contributed by atoms with E-state index in [1.807, 2.05) is 30.5 Å². The van der Waals surface area contributed by atoms with Gasteiger partial charge in [-0.1, -0.05) is 0 Å². The van der Waals surface area contributed by atoms with E-state index in [1.165, 1.54) is 12.1 Å². The smallest absolute Gasteiger partial charge is 0.276 e. The number of aromatic nitrogens is 3. The van der Waals surface area contributed by atoms with E-state index in [4.69, 9.17) is 4.74 Å². The van der Waals surface area contributed by atoms with Crippen LogP contribution in [0.4, 0.5) is 10.1 Å². The van der Waals surface area contributed by atoms with Crippen molar-refractivity contribution in [2.45, 2.75) is 25.8 Å². The van der Waals surface area contributed by atoms with Crippen LogP contribution in [0.3, 0.4) is 0 Å². The second kappa shape index (κ2) is 8.00. The Hall–Kier alpha value is -3.45. The molecule has 5 rings (SSSR count). The van der Waals surface area contributed by atoms with Crippen molar-refractivity contribution in [1.82, 2.24) is 14.3 Å². The van der Waals surface area contributed by atoms with Gasteiger partial charge in [0.1, 0.15) is 5.82 Å². The van der Waals surface area contributed by atoms with Gasteiger partial charge in [-0.25, -0.2) is 9.07 Å². The quantitative estimate of drug-likeness (QED) is 0.506. The van der Waals surface area contributed by atoms with Gasteiger partial charge in [0.05, 0.1) is 12.3 Å². The number of benzene rings is 2. The van der Waals surface area contributed by atoms with Crippen LogP contribution in [0, 0.1) is 5.82 Å². The van der Waals surface area contributed by atoms with Crippen LogP contribution in [0.5, 0.6) is 0 Å². The second-order valence-electron chi connectivity index (χ2n) is 7.75. The summed E-state index contributed by atoms with van der Waals surface area (Å²) in [5.74, 6) is -0.519. The van der Waals surface area contributed by atoms with Crippen molar-refractivity contribution in [2.24, 2.45) is 0 Å². The fourth-order valence-electron chi connectivity index (χ4n) is 4.27. The number of fused-ring (bicyclic) bond motifs is 2. The number of hydrogen-bond acceptors (Lipinski definition) is 3. The summed E-state index contributed by atoms with van der Waals surface area (Å²) >= 11 is 0. The van der Waals surface area contributed by atoms with Gasteiger partial charge in [0.2, 0.25) is 0 Å². The van der Waals surface area contributed by atoms with Gasteiger partial charge in [-0.2, -0.15) is 5.10 Å². The first kappa shape index (κ1) is 19.5. The van der Waals surface area contributed by atoms with Crippen LogP contribution >= 0.6 is 0 Å². The van der Waals surface area contributed by atoms with Crippen LogP contribution in [-0.2, 0) is 24.1 Å². The lowest BCUT2D eigenvalue weighted by Crippen LogP contribution is -2.15. The van der Waals surface area contributed by atoms with E-state index in [1.54, 1.807) is 23.9 Å². The number of carbonyl (C=O) groups excluding carboxylic acids is 1. The highest BCUT2D eigenvalue weighted by atomic mass is 19.1. The number of carbonyl (C=O) groups is 1. The summed E-state index contributed by atoms with van der Waals surface area (Å²) in [4.78, 5) is 13.1. The predicted molar refractivity (Wildman–Crippen MR) is 117 cm³/mol. The molecule has 0 radical (unpaired) electrons. The number of ether oxygens (including phenoxy) is 1. The highest BCUT2D eigenvalue weighted by Crippen LogP contribution is 2.29. The van der Waals surface area contributed by atoms with Crippen LogP contribution in [0.2, 0.25) is 0 Å². The van der Waals surface area contributed by atoms with Crippen molar-refractivity contribution in [2.75, 3.05) is 19.0 Å². The van der Waals surface area contributed by atoms with Crippen molar-refractivity contribution < 1.29 is 13.9 Å². The zero-order valence-electron chi connectivity index (χ0n) is 17.3. The van der Waals surface area contributed by atoms with Crippen LogP contribution in [-0.4, -0.2) is 34.0 Å². The van der Waals surface area contributed by atoms with E-state index in [0.717, 1.165) is 59.3 Å². The number of amides is 1. The van der Waals surface area contributed by atoms with Crippen LogP contribution in [0.25, 0.3) is 16.6 Å². The Labute approximate surface area is 179 Å². The molecule has 2 heterocycles. The summed E-state index contributed by atoms with van der Waals surface area (Å²) in [7, 11) is 1.69. The fraction of sp³-hybridized carbons (Fsp3) is 0.250. The number of methoxy groups -OCH3 is 1. The Morgan fingerprint density at radius 1 is 1.16 bits per heavy atom. The van der Waals surface area contributed by atoms with E-state index in [2.05, 4.69) is 15.0 Å². The summed E-state index contributed by atoms with van der Waals surface area (Å²) in [5.41, 5.74) is 5.03. The molecule has 0 atom stereocenters. The monoisotopic (exact) mass is 418 g/mol. The summed E-state index contributed by atoms with van der Waals surface area (Å²) in [5, 5.41) is 8.64. The molecule has 0 spiro atoms. The fourth-order valence-corrected chi connectivity index (χ4v) is 4.27. The summed E-state index contributed by atoms with van der Waals surface area (Å²) in [6, 6.07) is 14.1. The van der Waals surface area contributed by atoms with Crippen LogP contribution < -0.4 is 5.32 Å². The molecule has 1 N–H and O–H groups in total. The molecule has 0 unspecified atom stereocenters. The maximum absolute atomic E-state index is 13.3. The average Bonchev–Trinajstić information content (AvgIpc) is 3.48. The molecule has 2 aromatic heterocycles. The third kappa shape index (κ3) is 3.61. The van der Waals surface area contributed by atoms with Crippen LogP contribution in [0.1, 0.15) is 28.2 Å². The molecular formula is C24H23FN4O2. The van der Waals surface area contributed by atoms with Gasteiger partial charge in [-0.05, 0) is 67.8 Å². The first-order valence-corrected chi connectivity index (χ1v) is 10.4. The highest BCUT2D eigenvalue weighted by molar-refractivity contribution is 6.05. The average molecular weight is 418 g/mol. The van der Waals surface area contributed by atoms with E-state index >= 15 is 0 Å². The Morgan fingerprint density at radius 2 is 2.00 bits per heavy atom. The third-order valence-electron chi connectivity index (χ3n) is 5.78. The maximum Gasteiger partial charge on any atom is 0.276 e.